The molecule has 1 atom stereocenters. The number of aromatic nitrogens is 2. The Morgan fingerprint density at radius 1 is 1.50 bits per heavy atom. The molecule has 0 bridgehead atoms. The summed E-state index contributed by atoms with van der Waals surface area (Å²) in [6.45, 7) is 1.83. The molecule has 108 valence electrons. The number of hydrogen-bond donors (Lipinski definition) is 2. The van der Waals surface area contributed by atoms with Crippen LogP contribution in [0.25, 0.3) is 0 Å². The van der Waals surface area contributed by atoms with Gasteiger partial charge in [-0.15, -0.1) is 0 Å². The number of sulfonamides is 1. The van der Waals surface area contributed by atoms with Crippen LogP contribution >= 0.6 is 15.9 Å². The third-order valence-corrected chi connectivity index (χ3v) is 4.87. The van der Waals surface area contributed by atoms with Gasteiger partial charge >= 0.3 is 0 Å². The van der Waals surface area contributed by atoms with Crippen LogP contribution in [-0.4, -0.2) is 18.4 Å². The number of rotatable bonds is 5. The van der Waals surface area contributed by atoms with Gasteiger partial charge in [0.15, 0.2) is 0 Å². The topological polar surface area (TPSA) is 74.8 Å². The lowest BCUT2D eigenvalue weighted by Crippen LogP contribution is -2.29. The number of hydrogen-bond acceptors (Lipinski definition) is 3. The smallest absolute Gasteiger partial charge is 0.241 e. The van der Waals surface area contributed by atoms with E-state index in [2.05, 4.69) is 30.6 Å². The Bertz CT molecular complexity index is 689. The molecule has 2 rings (SSSR count). The van der Waals surface area contributed by atoms with Crippen LogP contribution in [0.2, 0.25) is 0 Å². The molecule has 0 aliphatic heterocycles. The van der Waals surface area contributed by atoms with Crippen molar-refractivity contribution in [3.8, 4) is 0 Å². The number of aromatic amines is 1. The zero-order valence-electron chi connectivity index (χ0n) is 10.6. The first-order valence-electron chi connectivity index (χ1n) is 5.90. The fourth-order valence-corrected chi connectivity index (χ4v) is 3.24. The van der Waals surface area contributed by atoms with Crippen LogP contribution in [0.5, 0.6) is 0 Å². The first-order chi connectivity index (χ1) is 9.44. The Hall–Kier alpha value is -1.25. The standard InChI is InChI=1S/C12H13BrFN3O2S/c1-2-11(12-15-5-6-16-12)17-20(18,19)8-3-4-9(13)10(14)7-8/h3-7,11,17H,2H2,1H3,(H,15,16). The van der Waals surface area contributed by atoms with Gasteiger partial charge in [-0.1, -0.05) is 6.92 Å². The largest absolute Gasteiger partial charge is 0.347 e. The molecule has 0 saturated carbocycles. The van der Waals surface area contributed by atoms with Gasteiger partial charge in [-0.2, -0.15) is 0 Å². The van der Waals surface area contributed by atoms with Crippen LogP contribution in [0.3, 0.4) is 0 Å². The molecule has 0 amide bonds. The van der Waals surface area contributed by atoms with E-state index in [1.807, 2.05) is 6.92 Å². The van der Waals surface area contributed by atoms with Crippen LogP contribution < -0.4 is 4.72 Å². The molecular formula is C12H13BrFN3O2S. The molecule has 0 fully saturated rings. The average Bonchev–Trinajstić information content (AvgIpc) is 2.93. The van der Waals surface area contributed by atoms with Crippen LogP contribution in [0.4, 0.5) is 4.39 Å². The number of nitrogens with zero attached hydrogens (tertiary/aromatic N) is 1. The van der Waals surface area contributed by atoms with E-state index in [-0.39, 0.29) is 9.37 Å². The molecular weight excluding hydrogens is 349 g/mol. The molecule has 0 saturated heterocycles. The summed E-state index contributed by atoms with van der Waals surface area (Å²) in [5.74, 6) is -0.104. The summed E-state index contributed by atoms with van der Waals surface area (Å²) >= 11 is 2.99. The average molecular weight is 362 g/mol. The Kier molecular flexibility index (Phi) is 4.56. The summed E-state index contributed by atoms with van der Waals surface area (Å²) in [6.07, 6.45) is 3.68. The predicted molar refractivity (Wildman–Crippen MR) is 76.0 cm³/mol. The van der Waals surface area contributed by atoms with Crippen molar-refractivity contribution in [1.82, 2.24) is 14.7 Å². The summed E-state index contributed by atoms with van der Waals surface area (Å²) in [4.78, 5) is 6.77. The fourth-order valence-electron chi connectivity index (χ4n) is 1.70. The second-order valence-electron chi connectivity index (χ2n) is 4.13. The van der Waals surface area contributed by atoms with Gasteiger partial charge in [0.1, 0.15) is 11.6 Å². The van der Waals surface area contributed by atoms with Crippen LogP contribution in [0.15, 0.2) is 40.0 Å². The molecule has 1 aromatic heterocycles. The van der Waals surface area contributed by atoms with E-state index < -0.39 is 21.9 Å². The molecule has 1 aromatic carbocycles. The van der Waals surface area contributed by atoms with Gasteiger partial charge in [0.2, 0.25) is 10.0 Å². The first kappa shape index (κ1) is 15.1. The summed E-state index contributed by atoms with van der Waals surface area (Å²) in [6, 6.07) is 3.19. The van der Waals surface area contributed by atoms with Gasteiger partial charge in [-0.25, -0.2) is 22.5 Å². The third kappa shape index (κ3) is 3.25. The predicted octanol–water partition coefficient (Wildman–Crippen LogP) is 2.74. The third-order valence-electron chi connectivity index (χ3n) is 2.76. The summed E-state index contributed by atoms with van der Waals surface area (Å²) < 4.78 is 40.6. The minimum atomic E-state index is -3.81. The van der Waals surface area contributed by atoms with Crippen molar-refractivity contribution in [2.24, 2.45) is 0 Å². The second kappa shape index (κ2) is 6.02. The highest BCUT2D eigenvalue weighted by Gasteiger charge is 2.22. The molecule has 2 aromatic rings. The van der Waals surface area contributed by atoms with E-state index in [0.717, 1.165) is 6.07 Å². The second-order valence-corrected chi connectivity index (χ2v) is 6.70. The molecule has 5 nitrogen and oxygen atoms in total. The van der Waals surface area contributed by atoms with Gasteiger partial charge in [0, 0.05) is 12.4 Å². The lowest BCUT2D eigenvalue weighted by atomic mass is 10.2. The first-order valence-corrected chi connectivity index (χ1v) is 8.18. The fraction of sp³-hybridized carbons (Fsp3) is 0.250. The Labute approximate surface area is 124 Å². The van der Waals surface area contributed by atoms with E-state index in [4.69, 9.17) is 0 Å². The molecule has 8 heteroatoms. The number of imidazole rings is 1. The SMILES string of the molecule is CCC(NS(=O)(=O)c1ccc(Br)c(F)c1)c1ncc[nH]1. The highest BCUT2D eigenvalue weighted by atomic mass is 79.9. The van der Waals surface area contributed by atoms with E-state index in [1.165, 1.54) is 12.1 Å². The minimum Gasteiger partial charge on any atom is -0.347 e. The van der Waals surface area contributed by atoms with Crippen molar-refractivity contribution in [2.75, 3.05) is 0 Å². The van der Waals surface area contributed by atoms with Crippen LogP contribution in [0.1, 0.15) is 25.2 Å². The molecule has 1 unspecified atom stereocenters. The van der Waals surface area contributed by atoms with Gasteiger partial charge in [0.25, 0.3) is 0 Å². The maximum atomic E-state index is 13.4. The maximum absolute atomic E-state index is 13.4. The zero-order valence-corrected chi connectivity index (χ0v) is 13.0. The normalized spacial score (nSPS) is 13.3. The van der Waals surface area contributed by atoms with Crippen molar-refractivity contribution < 1.29 is 12.8 Å². The van der Waals surface area contributed by atoms with Crippen molar-refractivity contribution in [3.63, 3.8) is 0 Å². The molecule has 2 N–H and O–H groups in total. The van der Waals surface area contributed by atoms with Crippen LogP contribution in [-0.2, 0) is 10.0 Å². The van der Waals surface area contributed by atoms with Gasteiger partial charge < -0.3 is 4.98 Å². The van der Waals surface area contributed by atoms with E-state index >= 15 is 0 Å². The van der Waals surface area contributed by atoms with Crippen molar-refractivity contribution >= 4 is 26.0 Å². The monoisotopic (exact) mass is 361 g/mol. The highest BCUT2D eigenvalue weighted by molar-refractivity contribution is 9.10. The van der Waals surface area contributed by atoms with Gasteiger partial charge in [-0.05, 0) is 40.5 Å². The summed E-state index contributed by atoms with van der Waals surface area (Å²) in [5, 5.41) is 0. The molecule has 1 heterocycles. The van der Waals surface area contributed by atoms with Crippen molar-refractivity contribution in [1.29, 1.82) is 0 Å². The van der Waals surface area contributed by atoms with Crippen LogP contribution in [0, 0.1) is 5.82 Å². The number of H-pyrrole nitrogens is 1. The molecule has 0 radical (unpaired) electrons. The Balaban J connectivity index is 2.28. The highest BCUT2D eigenvalue weighted by Crippen LogP contribution is 2.21. The molecule has 0 spiro atoms. The number of nitrogens with one attached hydrogen (secondary N) is 2. The number of halogens is 2. The summed E-state index contributed by atoms with van der Waals surface area (Å²) in [5.41, 5.74) is 0. The van der Waals surface area contributed by atoms with E-state index in [1.54, 1.807) is 12.4 Å². The minimum absolute atomic E-state index is 0.122. The summed E-state index contributed by atoms with van der Waals surface area (Å²) in [7, 11) is -3.81. The Morgan fingerprint density at radius 3 is 2.80 bits per heavy atom. The molecule has 0 aliphatic rings. The van der Waals surface area contributed by atoms with Gasteiger partial charge in [-0.3, -0.25) is 0 Å². The molecule has 20 heavy (non-hydrogen) atoms. The molecule has 0 aliphatic carbocycles. The van der Waals surface area contributed by atoms with Gasteiger partial charge in [0.05, 0.1) is 15.4 Å². The van der Waals surface area contributed by atoms with Crippen molar-refractivity contribution in [2.45, 2.75) is 24.3 Å². The number of benzene rings is 1. The van der Waals surface area contributed by atoms with E-state index in [9.17, 15) is 12.8 Å². The Morgan fingerprint density at radius 2 is 2.25 bits per heavy atom. The lowest BCUT2D eigenvalue weighted by molar-refractivity contribution is 0.537. The lowest BCUT2D eigenvalue weighted by Gasteiger charge is -2.15. The van der Waals surface area contributed by atoms with Crippen molar-refractivity contribution in [3.05, 3.63) is 46.7 Å². The maximum Gasteiger partial charge on any atom is 0.241 e. The zero-order chi connectivity index (χ0) is 14.8. The van der Waals surface area contributed by atoms with E-state index in [0.29, 0.717) is 12.2 Å². The quantitative estimate of drug-likeness (QED) is 0.859.